The molecule has 0 spiro atoms. The van der Waals surface area contributed by atoms with Crippen LogP contribution < -0.4 is 16.0 Å². The average Bonchev–Trinajstić information content (AvgIpc) is 3.18. The molecule has 0 bridgehead atoms. The summed E-state index contributed by atoms with van der Waals surface area (Å²) in [6, 6.07) is 2.53. The Labute approximate surface area is 197 Å². The maximum atomic E-state index is 6.18. The van der Waals surface area contributed by atoms with Crippen molar-refractivity contribution in [1.29, 1.82) is 0 Å². The van der Waals surface area contributed by atoms with Gasteiger partial charge in [-0.2, -0.15) is 4.98 Å². The summed E-state index contributed by atoms with van der Waals surface area (Å²) in [7, 11) is 0. The topological polar surface area (TPSA) is 97.3 Å². The average molecular weight is 451 g/mol. The molecule has 0 aromatic carbocycles. The first-order chi connectivity index (χ1) is 16.0. The van der Waals surface area contributed by atoms with Crippen molar-refractivity contribution >= 4 is 23.2 Å². The largest absolute Gasteiger partial charge is 0.380 e. The number of nitrogens with one attached hydrogen (secondary N) is 1. The number of imidazole rings is 1. The van der Waals surface area contributed by atoms with Crippen LogP contribution in [0.25, 0.3) is 5.65 Å². The predicted octanol–water partition coefficient (Wildman–Crippen LogP) is 4.62. The van der Waals surface area contributed by atoms with Gasteiger partial charge < -0.3 is 16.0 Å². The number of rotatable bonds is 9. The van der Waals surface area contributed by atoms with Crippen molar-refractivity contribution in [3.05, 3.63) is 35.3 Å². The summed E-state index contributed by atoms with van der Waals surface area (Å²) >= 11 is 0. The Balaban J connectivity index is 1.50. The minimum atomic E-state index is 0.283. The molecule has 178 valence electrons. The fourth-order valence-corrected chi connectivity index (χ4v) is 4.96. The van der Waals surface area contributed by atoms with Gasteiger partial charge >= 0.3 is 0 Å². The van der Waals surface area contributed by atoms with Gasteiger partial charge in [0.25, 0.3) is 0 Å². The molecule has 0 aliphatic carbocycles. The van der Waals surface area contributed by atoms with E-state index in [0.717, 1.165) is 48.9 Å². The molecule has 3 aromatic rings. The van der Waals surface area contributed by atoms with E-state index >= 15 is 0 Å². The number of piperidine rings is 1. The first kappa shape index (κ1) is 23.3. The Hall–Kier alpha value is -2.90. The van der Waals surface area contributed by atoms with Crippen LogP contribution in [0.1, 0.15) is 76.1 Å². The van der Waals surface area contributed by atoms with Crippen molar-refractivity contribution < 1.29 is 0 Å². The highest BCUT2D eigenvalue weighted by Gasteiger charge is 2.21. The lowest BCUT2D eigenvalue weighted by molar-refractivity contribution is 0.377. The van der Waals surface area contributed by atoms with Crippen LogP contribution in [0.4, 0.5) is 17.6 Å². The van der Waals surface area contributed by atoms with Crippen LogP contribution in [0.5, 0.6) is 0 Å². The molecule has 8 heteroatoms. The van der Waals surface area contributed by atoms with E-state index in [1.165, 1.54) is 31.2 Å². The molecule has 1 fully saturated rings. The number of hydrogen-bond donors (Lipinski definition) is 2. The lowest BCUT2D eigenvalue weighted by Gasteiger charge is -2.33. The second kappa shape index (κ2) is 10.4. The van der Waals surface area contributed by atoms with Gasteiger partial charge in [0.2, 0.25) is 5.95 Å². The number of pyridine rings is 1. The van der Waals surface area contributed by atoms with Crippen LogP contribution >= 0.6 is 0 Å². The summed E-state index contributed by atoms with van der Waals surface area (Å²) in [4.78, 5) is 16.2. The fraction of sp³-hybridized carbons (Fsp3) is 0.600. The van der Waals surface area contributed by atoms with Gasteiger partial charge in [0, 0.05) is 31.7 Å². The molecule has 0 saturated carbocycles. The second-order valence-electron chi connectivity index (χ2n) is 9.52. The molecule has 3 N–H and O–H groups in total. The normalized spacial score (nSPS) is 15.8. The van der Waals surface area contributed by atoms with Crippen molar-refractivity contribution in [3.63, 3.8) is 0 Å². The minimum Gasteiger partial charge on any atom is -0.380 e. The number of nitrogens with two attached hydrogens (primary N) is 1. The fourth-order valence-electron chi connectivity index (χ4n) is 4.96. The van der Waals surface area contributed by atoms with Crippen molar-refractivity contribution in [2.45, 2.75) is 78.7 Å². The van der Waals surface area contributed by atoms with Crippen molar-refractivity contribution in [3.8, 4) is 0 Å². The Morgan fingerprint density at radius 3 is 2.64 bits per heavy atom. The Kier molecular flexibility index (Phi) is 7.30. The smallest absolute Gasteiger partial charge is 0.243 e. The van der Waals surface area contributed by atoms with Crippen LogP contribution in [-0.4, -0.2) is 43.7 Å². The number of aromatic nitrogens is 5. The van der Waals surface area contributed by atoms with Crippen LogP contribution in [0.2, 0.25) is 0 Å². The van der Waals surface area contributed by atoms with Crippen LogP contribution in [0.3, 0.4) is 0 Å². The number of hydrogen-bond acceptors (Lipinski definition) is 7. The van der Waals surface area contributed by atoms with Gasteiger partial charge in [-0.1, -0.05) is 39.2 Å². The molecule has 33 heavy (non-hydrogen) atoms. The molecule has 4 heterocycles. The number of nitrogen functional groups attached to an aromatic ring is 1. The van der Waals surface area contributed by atoms with E-state index in [1.807, 2.05) is 16.9 Å². The third-order valence-corrected chi connectivity index (χ3v) is 6.66. The highest BCUT2D eigenvalue weighted by atomic mass is 15.3. The molecule has 0 amide bonds. The van der Waals surface area contributed by atoms with Gasteiger partial charge in [0.15, 0.2) is 11.5 Å². The van der Waals surface area contributed by atoms with Crippen molar-refractivity contribution in [2.75, 3.05) is 29.0 Å². The summed E-state index contributed by atoms with van der Waals surface area (Å²) in [5, 5.41) is 8.03. The Morgan fingerprint density at radius 2 is 1.94 bits per heavy atom. The minimum absolute atomic E-state index is 0.283. The number of aryl methyl sites for hydroxylation is 1. The zero-order chi connectivity index (χ0) is 23.4. The van der Waals surface area contributed by atoms with E-state index in [1.54, 1.807) is 0 Å². The third kappa shape index (κ3) is 5.37. The van der Waals surface area contributed by atoms with E-state index in [2.05, 4.69) is 59.0 Å². The van der Waals surface area contributed by atoms with Crippen LogP contribution in [-0.2, 0) is 6.42 Å². The molecule has 0 radical (unpaired) electrons. The van der Waals surface area contributed by atoms with Gasteiger partial charge in [-0.3, -0.25) is 0 Å². The van der Waals surface area contributed by atoms with Gasteiger partial charge in [-0.05, 0) is 50.2 Å². The number of fused-ring (bicyclic) bond motifs is 1. The molecular formula is C25H38N8. The predicted molar refractivity (Wildman–Crippen MR) is 135 cm³/mol. The molecule has 1 aliphatic heterocycles. The zero-order valence-electron chi connectivity index (χ0n) is 20.5. The van der Waals surface area contributed by atoms with E-state index in [9.17, 15) is 0 Å². The van der Waals surface area contributed by atoms with E-state index in [4.69, 9.17) is 10.7 Å². The standard InChI is InChI=1S/C25H38N8/c1-5-7-18(4)29-25-30-22(26)24-28-16-21(33(24)31-25)14-20-13-17(3)23(27-15-20)32-11-9-19(8-6-2)10-12-32/h13,15-16,18-19H,5-12,14H2,1-4H3,(H3,26,29,30,31)/t18-/m1/s1. The second-order valence-corrected chi connectivity index (χ2v) is 9.52. The third-order valence-electron chi connectivity index (χ3n) is 6.66. The summed E-state index contributed by atoms with van der Waals surface area (Å²) in [6.07, 6.45) is 11.8. The molecule has 1 saturated heterocycles. The Morgan fingerprint density at radius 1 is 1.15 bits per heavy atom. The van der Waals surface area contributed by atoms with Crippen LogP contribution in [0.15, 0.2) is 18.5 Å². The highest BCUT2D eigenvalue weighted by molar-refractivity contribution is 5.61. The summed E-state index contributed by atoms with van der Waals surface area (Å²) in [5.74, 6) is 2.92. The molecule has 1 atom stereocenters. The van der Waals surface area contributed by atoms with Gasteiger partial charge in [0.1, 0.15) is 5.82 Å². The molecule has 3 aromatic heterocycles. The number of anilines is 3. The molecule has 8 nitrogen and oxygen atoms in total. The van der Waals surface area contributed by atoms with Gasteiger partial charge in [0.05, 0.1) is 11.9 Å². The molecular weight excluding hydrogens is 412 g/mol. The van der Waals surface area contributed by atoms with Gasteiger partial charge in [-0.25, -0.2) is 14.5 Å². The highest BCUT2D eigenvalue weighted by Crippen LogP contribution is 2.27. The monoisotopic (exact) mass is 450 g/mol. The van der Waals surface area contributed by atoms with E-state index < -0.39 is 0 Å². The first-order valence-electron chi connectivity index (χ1n) is 12.5. The first-order valence-corrected chi connectivity index (χ1v) is 12.5. The lowest BCUT2D eigenvalue weighted by Crippen LogP contribution is -2.34. The van der Waals surface area contributed by atoms with E-state index in [0.29, 0.717) is 23.8 Å². The van der Waals surface area contributed by atoms with Crippen molar-refractivity contribution in [2.24, 2.45) is 5.92 Å². The zero-order valence-corrected chi connectivity index (χ0v) is 20.5. The molecule has 4 rings (SSSR count). The summed E-state index contributed by atoms with van der Waals surface area (Å²) in [6.45, 7) is 11.0. The summed E-state index contributed by atoms with van der Waals surface area (Å²) < 4.78 is 1.81. The maximum Gasteiger partial charge on any atom is 0.243 e. The lowest BCUT2D eigenvalue weighted by atomic mass is 9.92. The van der Waals surface area contributed by atoms with Gasteiger partial charge in [-0.15, -0.1) is 5.10 Å². The van der Waals surface area contributed by atoms with Crippen LogP contribution in [0, 0.1) is 12.8 Å². The molecule has 0 unspecified atom stereocenters. The maximum absolute atomic E-state index is 6.18. The number of nitrogens with zero attached hydrogens (tertiary/aromatic N) is 6. The van der Waals surface area contributed by atoms with Crippen molar-refractivity contribution in [1.82, 2.24) is 24.6 Å². The molecule has 1 aliphatic rings. The summed E-state index contributed by atoms with van der Waals surface area (Å²) in [5.41, 5.74) is 10.1. The van der Waals surface area contributed by atoms with E-state index in [-0.39, 0.29) is 6.04 Å². The Bertz CT molecular complexity index is 1070. The quantitative estimate of drug-likeness (QED) is 0.491. The SMILES string of the molecule is CCCC1CCN(c2ncc(Cc3cnc4c(N)nc(N[C@H](C)CCC)nn34)cc2C)CC1.